The molecule has 0 aliphatic heterocycles. The van der Waals surface area contributed by atoms with Crippen molar-refractivity contribution in [1.29, 1.82) is 0 Å². The van der Waals surface area contributed by atoms with Crippen LogP contribution in [0.25, 0.3) is 10.9 Å². The molecule has 19 heavy (non-hydrogen) atoms. The van der Waals surface area contributed by atoms with Crippen molar-refractivity contribution in [3.8, 4) is 0 Å². The predicted molar refractivity (Wildman–Crippen MR) is 72.1 cm³/mol. The number of nitrogen functional groups attached to an aromatic ring is 1. The van der Waals surface area contributed by atoms with Crippen LogP contribution in [0, 0.1) is 13.8 Å². The second-order valence-electron chi connectivity index (χ2n) is 4.52. The Hall–Kier alpha value is -2.56. The standard InChI is InChI=1S/C14H13N3O2/c1-8-5-10-6-11(15)3-4-12(10)17(8)14(18)13-16-7-9(2)19-13/h3-7H,15H2,1-2H3. The van der Waals surface area contributed by atoms with E-state index in [-0.39, 0.29) is 11.8 Å². The number of rotatable bonds is 1. The highest BCUT2D eigenvalue weighted by molar-refractivity contribution is 6.00. The molecular formula is C14H13N3O2. The number of hydrogen-bond acceptors (Lipinski definition) is 4. The number of nitrogens with zero attached hydrogens (tertiary/aromatic N) is 2. The quantitative estimate of drug-likeness (QED) is 0.678. The van der Waals surface area contributed by atoms with Gasteiger partial charge in [0, 0.05) is 16.8 Å². The van der Waals surface area contributed by atoms with Crippen LogP contribution in [0.1, 0.15) is 22.1 Å². The molecule has 2 heterocycles. The zero-order chi connectivity index (χ0) is 13.6. The van der Waals surface area contributed by atoms with E-state index in [0.717, 1.165) is 16.6 Å². The highest BCUT2D eigenvalue weighted by Gasteiger charge is 2.18. The van der Waals surface area contributed by atoms with Crippen molar-refractivity contribution < 1.29 is 9.21 Å². The molecule has 2 N–H and O–H groups in total. The Balaban J connectivity index is 2.19. The molecule has 0 radical (unpaired) electrons. The molecule has 5 heteroatoms. The molecule has 0 atom stereocenters. The molecule has 0 aliphatic rings. The fraction of sp³-hybridized carbons (Fsp3) is 0.143. The summed E-state index contributed by atoms with van der Waals surface area (Å²) in [4.78, 5) is 16.4. The molecule has 1 aromatic carbocycles. The first kappa shape index (κ1) is 11.5. The minimum absolute atomic E-state index is 0.0925. The Kier molecular flexibility index (Phi) is 2.41. The average Bonchev–Trinajstić information content (AvgIpc) is 2.91. The molecule has 0 spiro atoms. The van der Waals surface area contributed by atoms with Crippen LogP contribution in [0.2, 0.25) is 0 Å². The topological polar surface area (TPSA) is 74.0 Å². The maximum Gasteiger partial charge on any atom is 0.318 e. The van der Waals surface area contributed by atoms with Gasteiger partial charge in [0.05, 0.1) is 11.7 Å². The van der Waals surface area contributed by atoms with Gasteiger partial charge in [-0.3, -0.25) is 9.36 Å². The van der Waals surface area contributed by atoms with Gasteiger partial charge in [-0.1, -0.05) is 0 Å². The maximum atomic E-state index is 12.4. The van der Waals surface area contributed by atoms with Crippen molar-refractivity contribution in [1.82, 2.24) is 9.55 Å². The summed E-state index contributed by atoms with van der Waals surface area (Å²) in [7, 11) is 0. The molecule has 0 saturated heterocycles. The minimum Gasteiger partial charge on any atom is -0.438 e. The summed E-state index contributed by atoms with van der Waals surface area (Å²) in [6.07, 6.45) is 1.53. The highest BCUT2D eigenvalue weighted by Crippen LogP contribution is 2.23. The van der Waals surface area contributed by atoms with Crippen LogP contribution in [0.15, 0.2) is 34.9 Å². The maximum absolute atomic E-state index is 12.4. The van der Waals surface area contributed by atoms with Gasteiger partial charge in [0.2, 0.25) is 0 Å². The molecule has 0 bridgehead atoms. The fourth-order valence-corrected chi connectivity index (χ4v) is 2.19. The Labute approximate surface area is 109 Å². The van der Waals surface area contributed by atoms with Crippen LogP contribution in [0.4, 0.5) is 5.69 Å². The smallest absolute Gasteiger partial charge is 0.318 e. The van der Waals surface area contributed by atoms with Gasteiger partial charge in [-0.25, -0.2) is 4.98 Å². The number of carbonyl (C=O) groups is 1. The van der Waals surface area contributed by atoms with Crippen LogP contribution in [0.5, 0.6) is 0 Å². The summed E-state index contributed by atoms with van der Waals surface area (Å²) < 4.78 is 6.87. The number of carbonyl (C=O) groups excluding carboxylic acids is 1. The summed E-state index contributed by atoms with van der Waals surface area (Å²) in [5, 5.41) is 0.925. The molecule has 0 aliphatic carbocycles. The van der Waals surface area contributed by atoms with Crippen molar-refractivity contribution >= 4 is 22.5 Å². The van der Waals surface area contributed by atoms with E-state index in [0.29, 0.717) is 11.4 Å². The van der Waals surface area contributed by atoms with Gasteiger partial charge in [-0.2, -0.15) is 0 Å². The SMILES string of the molecule is Cc1cnc(C(=O)n2c(C)cc3cc(N)ccc32)o1. The third kappa shape index (κ3) is 1.79. The van der Waals surface area contributed by atoms with E-state index in [4.69, 9.17) is 10.2 Å². The van der Waals surface area contributed by atoms with Crippen LogP contribution < -0.4 is 5.73 Å². The number of aryl methyl sites for hydroxylation is 2. The van der Waals surface area contributed by atoms with Gasteiger partial charge in [-0.15, -0.1) is 0 Å². The lowest BCUT2D eigenvalue weighted by molar-refractivity contribution is 0.0927. The molecule has 96 valence electrons. The van der Waals surface area contributed by atoms with Gasteiger partial charge in [0.25, 0.3) is 5.89 Å². The second kappa shape index (κ2) is 3.98. The molecule has 0 amide bonds. The Bertz CT molecular complexity index is 783. The van der Waals surface area contributed by atoms with Crippen LogP contribution >= 0.6 is 0 Å². The Morgan fingerprint density at radius 1 is 1.32 bits per heavy atom. The van der Waals surface area contributed by atoms with Crippen molar-refractivity contribution in [3.05, 3.63) is 47.8 Å². The normalized spacial score (nSPS) is 11.1. The largest absolute Gasteiger partial charge is 0.438 e. The Morgan fingerprint density at radius 3 is 2.79 bits per heavy atom. The van der Waals surface area contributed by atoms with E-state index in [1.807, 2.05) is 25.1 Å². The second-order valence-corrected chi connectivity index (χ2v) is 4.52. The van der Waals surface area contributed by atoms with Crippen LogP contribution in [0.3, 0.4) is 0 Å². The summed E-state index contributed by atoms with van der Waals surface area (Å²) in [5.41, 5.74) is 8.04. The van der Waals surface area contributed by atoms with Crippen molar-refractivity contribution in [2.75, 3.05) is 5.73 Å². The molecule has 0 saturated carbocycles. The number of anilines is 1. The molecule has 5 nitrogen and oxygen atoms in total. The van der Waals surface area contributed by atoms with Gasteiger partial charge < -0.3 is 10.2 Å². The zero-order valence-corrected chi connectivity index (χ0v) is 10.7. The molecule has 2 aromatic heterocycles. The van der Waals surface area contributed by atoms with Crippen molar-refractivity contribution in [2.45, 2.75) is 13.8 Å². The summed E-state index contributed by atoms with van der Waals surface area (Å²) in [6.45, 7) is 3.62. The van der Waals surface area contributed by atoms with Gasteiger partial charge in [-0.05, 0) is 38.1 Å². The average molecular weight is 255 g/mol. The monoisotopic (exact) mass is 255 g/mol. The number of oxazole rings is 1. The fourth-order valence-electron chi connectivity index (χ4n) is 2.19. The van der Waals surface area contributed by atoms with E-state index in [9.17, 15) is 4.79 Å². The van der Waals surface area contributed by atoms with E-state index in [1.165, 1.54) is 6.20 Å². The van der Waals surface area contributed by atoms with E-state index >= 15 is 0 Å². The minimum atomic E-state index is -0.273. The van der Waals surface area contributed by atoms with E-state index < -0.39 is 0 Å². The van der Waals surface area contributed by atoms with Gasteiger partial charge in [0.1, 0.15) is 5.76 Å². The molecule has 3 rings (SSSR count). The molecular weight excluding hydrogens is 242 g/mol. The lowest BCUT2D eigenvalue weighted by Gasteiger charge is -2.03. The first-order valence-electron chi connectivity index (χ1n) is 5.91. The van der Waals surface area contributed by atoms with E-state index in [2.05, 4.69) is 4.98 Å². The third-order valence-corrected chi connectivity index (χ3v) is 3.02. The van der Waals surface area contributed by atoms with Crippen molar-refractivity contribution in [2.24, 2.45) is 0 Å². The van der Waals surface area contributed by atoms with Crippen molar-refractivity contribution in [3.63, 3.8) is 0 Å². The van der Waals surface area contributed by atoms with Crippen LogP contribution in [-0.2, 0) is 0 Å². The summed E-state index contributed by atoms with van der Waals surface area (Å²) in [5.74, 6) is 0.432. The van der Waals surface area contributed by atoms with Crippen LogP contribution in [-0.4, -0.2) is 15.5 Å². The molecule has 0 fully saturated rings. The molecule has 0 unspecified atom stereocenters. The Morgan fingerprint density at radius 2 is 2.11 bits per heavy atom. The number of hydrogen-bond donors (Lipinski definition) is 1. The number of aromatic nitrogens is 2. The van der Waals surface area contributed by atoms with Gasteiger partial charge in [0.15, 0.2) is 0 Å². The lowest BCUT2D eigenvalue weighted by atomic mass is 10.2. The summed E-state index contributed by atoms with van der Waals surface area (Å²) >= 11 is 0. The number of fused-ring (bicyclic) bond motifs is 1. The number of benzene rings is 1. The summed E-state index contributed by atoms with van der Waals surface area (Å²) in [6, 6.07) is 7.35. The van der Waals surface area contributed by atoms with E-state index in [1.54, 1.807) is 17.6 Å². The third-order valence-electron chi connectivity index (χ3n) is 3.02. The highest BCUT2D eigenvalue weighted by atomic mass is 16.4. The van der Waals surface area contributed by atoms with Gasteiger partial charge >= 0.3 is 5.91 Å². The predicted octanol–water partition coefficient (Wildman–Crippen LogP) is 2.52. The number of nitrogens with two attached hydrogens (primary N) is 1. The zero-order valence-electron chi connectivity index (χ0n) is 10.7. The first-order valence-corrected chi connectivity index (χ1v) is 5.91. The first-order chi connectivity index (χ1) is 9.06. The lowest BCUT2D eigenvalue weighted by Crippen LogP contribution is -2.13. The molecule has 3 aromatic rings.